The lowest BCUT2D eigenvalue weighted by atomic mass is 9.92. The maximum atomic E-state index is 13.5. The number of nitrogens with two attached hydrogens (primary N) is 2. The van der Waals surface area contributed by atoms with Crippen molar-refractivity contribution in [1.29, 1.82) is 0 Å². The number of morpholine rings is 1. The molecule has 2 saturated heterocycles. The molecule has 4 aromatic heterocycles. The fourth-order valence-electron chi connectivity index (χ4n) is 8.37. The summed E-state index contributed by atoms with van der Waals surface area (Å²) < 4.78 is 25.1. The van der Waals surface area contributed by atoms with Crippen LogP contribution in [0.1, 0.15) is 73.3 Å². The number of amides is 3. The summed E-state index contributed by atoms with van der Waals surface area (Å²) >= 11 is 0. The average Bonchev–Trinajstić information content (AvgIpc) is 4.07. The van der Waals surface area contributed by atoms with Gasteiger partial charge in [-0.25, -0.2) is 9.97 Å². The van der Waals surface area contributed by atoms with Crippen LogP contribution in [0.5, 0.6) is 11.5 Å². The van der Waals surface area contributed by atoms with E-state index in [1.54, 1.807) is 57.4 Å². The fraction of sp³-hybridized carbons (Fsp3) is 0.422. The highest BCUT2D eigenvalue weighted by Crippen LogP contribution is 2.33. The number of ether oxygens (including phenoxy) is 3. The Balaban J connectivity index is 0.000000574. The van der Waals surface area contributed by atoms with Crippen molar-refractivity contribution in [3.8, 4) is 11.5 Å². The van der Waals surface area contributed by atoms with Crippen molar-refractivity contribution in [1.82, 2.24) is 48.9 Å². The van der Waals surface area contributed by atoms with Crippen LogP contribution >= 0.6 is 0 Å². The molecule has 2 aromatic carbocycles. The summed E-state index contributed by atoms with van der Waals surface area (Å²) in [5.74, 6) is 0.0676. The number of hydrogen-bond acceptors (Lipinski definition) is 14. The molecule has 0 atom stereocenters. The number of rotatable bonds is 18. The number of imidazole rings is 2. The molecule has 6 heterocycles. The molecule has 66 heavy (non-hydrogen) atoms. The Labute approximate surface area is 381 Å². The smallest absolute Gasteiger partial charge is 0.276 e. The molecule has 6 aromatic rings. The van der Waals surface area contributed by atoms with Crippen molar-refractivity contribution < 1.29 is 33.4 Å². The maximum absolute atomic E-state index is 13.5. The van der Waals surface area contributed by atoms with E-state index in [0.29, 0.717) is 81.9 Å². The SMILES string of the molecule is CCn1nc(C)cc1C(=O)Nc1nc2cc(C(N)=O)cc(OC)c2n1C/C=C/Cn1c(NC)nc2cc(C(N)=O)cc(OCCCN3CC4(CNCCO4)C3)c21.CCn1nc(C)cc1C=O. The van der Waals surface area contributed by atoms with E-state index in [1.807, 2.05) is 44.4 Å². The van der Waals surface area contributed by atoms with E-state index >= 15 is 0 Å². The van der Waals surface area contributed by atoms with E-state index < -0.39 is 17.7 Å². The molecule has 350 valence electrons. The molecule has 2 aliphatic rings. The van der Waals surface area contributed by atoms with E-state index in [-0.39, 0.29) is 23.7 Å². The van der Waals surface area contributed by atoms with Crippen LogP contribution in [-0.4, -0.2) is 133 Å². The number of methoxy groups -OCH3 is 1. The number of aryl methyl sites for hydroxylation is 4. The first-order valence-electron chi connectivity index (χ1n) is 21.9. The molecule has 3 amide bonds. The summed E-state index contributed by atoms with van der Waals surface area (Å²) in [6, 6.07) is 9.93. The molecule has 7 N–H and O–H groups in total. The lowest BCUT2D eigenvalue weighted by Crippen LogP contribution is -2.69. The third-order valence-electron chi connectivity index (χ3n) is 11.4. The Bertz CT molecular complexity index is 2770. The number of nitrogens with zero attached hydrogens (tertiary/aromatic N) is 9. The Hall–Kier alpha value is -7.10. The summed E-state index contributed by atoms with van der Waals surface area (Å²) in [6.45, 7) is 15.0. The predicted octanol–water partition coefficient (Wildman–Crippen LogP) is 3.13. The van der Waals surface area contributed by atoms with Gasteiger partial charge >= 0.3 is 0 Å². The highest BCUT2D eigenvalue weighted by atomic mass is 16.5. The first kappa shape index (κ1) is 46.9. The summed E-state index contributed by atoms with van der Waals surface area (Å²) in [7, 11) is 3.26. The monoisotopic (exact) mass is 906 g/mol. The minimum atomic E-state index is -0.636. The summed E-state index contributed by atoms with van der Waals surface area (Å²) in [5, 5.41) is 18.0. The third kappa shape index (κ3) is 10.1. The highest BCUT2D eigenvalue weighted by Gasteiger charge is 2.44. The topological polar surface area (TPSA) is 259 Å². The van der Waals surface area contributed by atoms with Crippen LogP contribution in [0.15, 0.2) is 48.6 Å². The maximum Gasteiger partial charge on any atom is 0.276 e. The van der Waals surface area contributed by atoms with Gasteiger partial charge in [0.2, 0.25) is 23.7 Å². The van der Waals surface area contributed by atoms with Gasteiger partial charge in [-0.15, -0.1) is 0 Å². The second-order valence-electron chi connectivity index (χ2n) is 16.1. The van der Waals surface area contributed by atoms with Gasteiger partial charge in [0.25, 0.3) is 5.91 Å². The van der Waals surface area contributed by atoms with Crippen molar-refractivity contribution >= 4 is 58.0 Å². The molecule has 1 spiro atoms. The standard InChI is InChI=1S/C38H48N12O6.C7H10N2O/c1-5-50-28(15-23(2)46-50)35(53)45-37-44-26-16-24(33(39)51)18-29(54-4)31(26)49(37)12-7-6-11-48-32-27(43-36(48)41-3)17-25(34(40)52)19-30(32)55-13-8-10-47-21-38(22-47)20-42-9-14-56-38;1-3-9-7(5-10)4-6(2)8-9/h6-7,15-19,42H,5,8-14,20-22H2,1-4H3,(H2,39,51)(H2,40,52)(H,41,43)(H,44,45,53);4-5H,3H2,1-2H3/b7-6+;. The van der Waals surface area contributed by atoms with Crippen LogP contribution in [0.3, 0.4) is 0 Å². The highest BCUT2D eigenvalue weighted by molar-refractivity contribution is 6.04. The number of aldehydes is 1. The second-order valence-corrected chi connectivity index (χ2v) is 16.1. The van der Waals surface area contributed by atoms with Crippen molar-refractivity contribution in [2.75, 3.05) is 70.7 Å². The van der Waals surface area contributed by atoms with Crippen molar-refractivity contribution in [3.63, 3.8) is 0 Å². The van der Waals surface area contributed by atoms with Gasteiger partial charge in [0.05, 0.1) is 42.7 Å². The van der Waals surface area contributed by atoms with Crippen LogP contribution in [0.25, 0.3) is 22.1 Å². The minimum absolute atomic E-state index is 0.0792. The molecule has 0 bridgehead atoms. The zero-order chi connectivity index (χ0) is 47.1. The van der Waals surface area contributed by atoms with Gasteiger partial charge in [0.15, 0.2) is 6.29 Å². The van der Waals surface area contributed by atoms with E-state index in [2.05, 4.69) is 36.0 Å². The molecule has 2 aliphatic heterocycles. The molecule has 0 unspecified atom stereocenters. The number of allylic oxidation sites excluding steroid dienone is 2. The quantitative estimate of drug-likeness (QED) is 0.0472. The molecule has 0 radical (unpaired) electrons. The zero-order valence-corrected chi connectivity index (χ0v) is 38.2. The van der Waals surface area contributed by atoms with E-state index in [4.69, 9.17) is 30.7 Å². The number of carbonyl (C=O) groups excluding carboxylic acids is 4. The van der Waals surface area contributed by atoms with Crippen LogP contribution in [0.4, 0.5) is 11.9 Å². The number of carbonyl (C=O) groups is 4. The Kier molecular flexibility index (Phi) is 14.5. The number of nitrogens with one attached hydrogen (secondary N) is 3. The first-order valence-corrected chi connectivity index (χ1v) is 21.9. The van der Waals surface area contributed by atoms with Gasteiger partial charge in [-0.2, -0.15) is 10.2 Å². The Morgan fingerprint density at radius 1 is 0.864 bits per heavy atom. The van der Waals surface area contributed by atoms with Crippen LogP contribution in [0.2, 0.25) is 0 Å². The number of anilines is 2. The van der Waals surface area contributed by atoms with Crippen LogP contribution in [-0.2, 0) is 30.9 Å². The summed E-state index contributed by atoms with van der Waals surface area (Å²) in [4.78, 5) is 60.1. The molecule has 8 rings (SSSR count). The normalized spacial score (nSPS) is 14.6. The lowest BCUT2D eigenvalue weighted by Gasteiger charge is -2.51. The van der Waals surface area contributed by atoms with Crippen molar-refractivity contribution in [2.24, 2.45) is 11.5 Å². The summed E-state index contributed by atoms with van der Waals surface area (Å²) in [5.41, 5.74) is 16.6. The average molecular weight is 907 g/mol. The van der Waals surface area contributed by atoms with Crippen molar-refractivity contribution in [3.05, 3.63) is 82.5 Å². The number of aromatic nitrogens is 8. The molecule has 0 saturated carbocycles. The molecule has 0 aliphatic carbocycles. The first-order chi connectivity index (χ1) is 31.8. The van der Waals surface area contributed by atoms with Gasteiger partial charge in [-0.3, -0.25) is 38.8 Å². The molecular formula is C45H58N14O7. The van der Waals surface area contributed by atoms with E-state index in [1.165, 1.54) is 7.11 Å². The molecule has 21 nitrogen and oxygen atoms in total. The Morgan fingerprint density at radius 2 is 1.47 bits per heavy atom. The Morgan fingerprint density at radius 3 is 2.05 bits per heavy atom. The zero-order valence-electron chi connectivity index (χ0n) is 38.2. The van der Waals surface area contributed by atoms with Gasteiger partial charge in [-0.1, -0.05) is 12.2 Å². The largest absolute Gasteiger partial charge is 0.494 e. The van der Waals surface area contributed by atoms with Gasteiger partial charge in [-0.05, 0) is 70.5 Å². The van der Waals surface area contributed by atoms with E-state index in [0.717, 1.165) is 64.3 Å². The number of benzene rings is 2. The minimum Gasteiger partial charge on any atom is -0.494 e. The molecule has 21 heteroatoms. The fourth-order valence-corrected chi connectivity index (χ4v) is 8.37. The molecular weight excluding hydrogens is 849 g/mol. The number of likely N-dealkylation sites (tertiary alicyclic amines) is 1. The number of fused-ring (bicyclic) bond motifs is 2. The van der Waals surface area contributed by atoms with Gasteiger partial charge < -0.3 is 45.4 Å². The summed E-state index contributed by atoms with van der Waals surface area (Å²) in [6.07, 6.45) is 5.48. The second kappa shape index (κ2) is 20.4. The number of primary amides is 2. The molecule has 2 fully saturated rings. The number of hydrogen-bond donors (Lipinski definition) is 5. The van der Waals surface area contributed by atoms with Crippen LogP contribution in [0, 0.1) is 13.8 Å². The van der Waals surface area contributed by atoms with Gasteiger partial charge in [0.1, 0.15) is 39.5 Å². The van der Waals surface area contributed by atoms with Crippen LogP contribution < -0.4 is 36.9 Å². The predicted molar refractivity (Wildman–Crippen MR) is 248 cm³/mol. The van der Waals surface area contributed by atoms with Crippen molar-refractivity contribution in [2.45, 2.75) is 65.9 Å². The lowest BCUT2D eigenvalue weighted by molar-refractivity contribution is -0.156. The van der Waals surface area contributed by atoms with E-state index in [9.17, 15) is 19.2 Å². The van der Waals surface area contributed by atoms with Gasteiger partial charge in [0, 0.05) is 77.1 Å². The third-order valence-corrected chi connectivity index (χ3v) is 11.4.